The van der Waals surface area contributed by atoms with Gasteiger partial charge in [-0.2, -0.15) is 8.78 Å². The van der Waals surface area contributed by atoms with E-state index in [1.54, 1.807) is 19.2 Å². The van der Waals surface area contributed by atoms with Gasteiger partial charge in [0.1, 0.15) is 5.75 Å². The van der Waals surface area contributed by atoms with Crippen molar-refractivity contribution in [2.24, 2.45) is 17.3 Å². The van der Waals surface area contributed by atoms with Crippen molar-refractivity contribution >= 4 is 11.9 Å². The van der Waals surface area contributed by atoms with Crippen LogP contribution in [-0.2, 0) is 11.2 Å². The highest BCUT2D eigenvalue weighted by Gasteiger charge is 2.56. The summed E-state index contributed by atoms with van der Waals surface area (Å²) in [6.45, 7) is -0.784. The number of carbonyl (C=O) groups excluding carboxylic acids is 1. The molecule has 3 aliphatic carbocycles. The predicted octanol–water partition coefficient (Wildman–Crippen LogP) is 6.42. The highest BCUT2D eigenvalue weighted by molar-refractivity contribution is 6.06. The molecule has 2 aromatic carbocycles. The number of hydrogen-bond acceptors (Lipinski definition) is 4. The normalized spacial score (nSPS) is 28.9. The number of rotatable bonds is 5. The molecule has 6 heteroatoms. The molecule has 0 saturated heterocycles. The zero-order chi connectivity index (χ0) is 24.0. The highest BCUT2D eigenvalue weighted by Crippen LogP contribution is 2.61. The highest BCUT2D eigenvalue weighted by atomic mass is 19.3. The van der Waals surface area contributed by atoms with Crippen molar-refractivity contribution in [1.82, 2.24) is 0 Å². The van der Waals surface area contributed by atoms with Crippen molar-refractivity contribution in [3.8, 4) is 17.2 Å². The Morgan fingerprint density at radius 1 is 1.06 bits per heavy atom. The molecular weight excluding hydrogens is 438 g/mol. The summed E-state index contributed by atoms with van der Waals surface area (Å²) in [7, 11) is 3.12. The summed E-state index contributed by atoms with van der Waals surface area (Å²) in [5, 5.41) is 0. The summed E-state index contributed by atoms with van der Waals surface area (Å²) in [6, 6.07) is 11.2. The summed E-state index contributed by atoms with van der Waals surface area (Å²) in [5.41, 5.74) is 4.02. The molecule has 34 heavy (non-hydrogen) atoms. The number of allylic oxidation sites excluding steroid dienone is 1. The van der Waals surface area contributed by atoms with Crippen LogP contribution in [0.2, 0.25) is 0 Å². The van der Waals surface area contributed by atoms with Crippen molar-refractivity contribution in [3.05, 3.63) is 58.7 Å². The average molecular weight is 469 g/mol. The van der Waals surface area contributed by atoms with Gasteiger partial charge in [-0.3, -0.25) is 4.79 Å². The zero-order valence-corrected chi connectivity index (χ0v) is 19.8. The molecule has 0 aliphatic heterocycles. The van der Waals surface area contributed by atoms with Gasteiger partial charge in [0.15, 0.2) is 17.3 Å². The lowest BCUT2D eigenvalue weighted by molar-refractivity contribution is -0.127. The lowest BCUT2D eigenvalue weighted by atomic mass is 9.55. The first-order valence-electron chi connectivity index (χ1n) is 11.9. The topological polar surface area (TPSA) is 44.8 Å². The Morgan fingerprint density at radius 3 is 2.62 bits per heavy atom. The smallest absolute Gasteiger partial charge is 0.387 e. The standard InChI is InChI=1S/C28H30F2O4/c1-28-11-10-21-20-8-6-19(32-2)14-17(20)5-7-22(21)23(28)15-18(26(28)31)12-16-4-9-24(34-27(29)30)25(13-16)33-3/h4,6,8-9,12-14,21-23,27H,5,7,10-11,15H2,1-3H3/b18-12-. The molecule has 0 heterocycles. The largest absolute Gasteiger partial charge is 0.497 e. The van der Waals surface area contributed by atoms with Crippen LogP contribution < -0.4 is 14.2 Å². The number of alkyl halides is 2. The van der Waals surface area contributed by atoms with E-state index in [9.17, 15) is 13.6 Å². The van der Waals surface area contributed by atoms with Crippen molar-refractivity contribution in [2.75, 3.05) is 14.2 Å². The van der Waals surface area contributed by atoms with Gasteiger partial charge in [0.25, 0.3) is 0 Å². The number of aryl methyl sites for hydroxylation is 1. The quantitative estimate of drug-likeness (QED) is 0.475. The Kier molecular flexibility index (Phi) is 5.86. The zero-order valence-electron chi connectivity index (χ0n) is 19.8. The van der Waals surface area contributed by atoms with Gasteiger partial charge < -0.3 is 14.2 Å². The van der Waals surface area contributed by atoms with E-state index >= 15 is 0 Å². The number of hydrogen-bond donors (Lipinski definition) is 0. The van der Waals surface area contributed by atoms with Crippen molar-refractivity contribution in [2.45, 2.75) is 51.6 Å². The maximum absolute atomic E-state index is 13.6. The van der Waals surface area contributed by atoms with E-state index in [1.165, 1.54) is 24.3 Å². The number of methoxy groups -OCH3 is 2. The van der Waals surface area contributed by atoms with E-state index in [-0.39, 0.29) is 22.7 Å². The van der Waals surface area contributed by atoms with E-state index in [2.05, 4.69) is 29.9 Å². The van der Waals surface area contributed by atoms with Gasteiger partial charge in [-0.25, -0.2) is 0 Å². The molecule has 2 fully saturated rings. The summed E-state index contributed by atoms with van der Waals surface area (Å²) in [6.07, 6.45) is 6.64. The van der Waals surface area contributed by atoms with Gasteiger partial charge in [-0.1, -0.05) is 19.1 Å². The molecule has 0 aromatic heterocycles. The number of ketones is 1. The van der Waals surface area contributed by atoms with Crippen LogP contribution in [0.4, 0.5) is 8.78 Å². The Balaban J connectivity index is 1.43. The number of fused-ring (bicyclic) bond motifs is 5. The molecule has 2 saturated carbocycles. The Labute approximate surface area is 198 Å². The van der Waals surface area contributed by atoms with Crippen LogP contribution in [0.15, 0.2) is 42.0 Å². The SMILES string of the molecule is COc1ccc2c(c1)CCC1C2CCC2(C)C(=O)/C(=C\c3ccc(OC(F)F)c(OC)c3)CC12. The molecule has 4 unspecified atom stereocenters. The minimum absolute atomic E-state index is 0.0154. The van der Waals surface area contributed by atoms with Crippen molar-refractivity contribution < 1.29 is 27.8 Å². The molecule has 3 aliphatic rings. The van der Waals surface area contributed by atoms with E-state index in [1.807, 2.05) is 6.08 Å². The molecule has 4 nitrogen and oxygen atoms in total. The average Bonchev–Trinajstić information content (AvgIpc) is 3.09. The van der Waals surface area contributed by atoms with Gasteiger partial charge in [0.2, 0.25) is 0 Å². The van der Waals surface area contributed by atoms with Gasteiger partial charge in [0.05, 0.1) is 14.2 Å². The van der Waals surface area contributed by atoms with E-state index in [0.717, 1.165) is 49.0 Å². The molecular formula is C28H30F2O4. The second-order valence-electron chi connectivity index (χ2n) is 9.93. The Hall–Kier alpha value is -2.89. The van der Waals surface area contributed by atoms with Crippen LogP contribution in [0.25, 0.3) is 6.08 Å². The first kappa shape index (κ1) is 22.9. The van der Waals surface area contributed by atoms with Crippen LogP contribution in [0.1, 0.15) is 55.2 Å². The van der Waals surface area contributed by atoms with Crippen LogP contribution in [-0.4, -0.2) is 26.6 Å². The van der Waals surface area contributed by atoms with E-state index in [0.29, 0.717) is 17.8 Å². The lowest BCUT2D eigenvalue weighted by Gasteiger charge is -2.48. The van der Waals surface area contributed by atoms with Crippen LogP contribution in [0.3, 0.4) is 0 Å². The first-order chi connectivity index (χ1) is 16.3. The first-order valence-corrected chi connectivity index (χ1v) is 11.9. The van der Waals surface area contributed by atoms with Gasteiger partial charge in [-0.05, 0) is 102 Å². The molecule has 0 radical (unpaired) electrons. The maximum atomic E-state index is 13.6. The van der Waals surface area contributed by atoms with E-state index < -0.39 is 6.61 Å². The van der Waals surface area contributed by atoms with E-state index in [4.69, 9.17) is 9.47 Å². The molecule has 0 spiro atoms. The van der Waals surface area contributed by atoms with Gasteiger partial charge >= 0.3 is 6.61 Å². The second-order valence-corrected chi connectivity index (χ2v) is 9.93. The third-order valence-corrected chi connectivity index (χ3v) is 8.32. The molecule has 4 atom stereocenters. The minimum Gasteiger partial charge on any atom is -0.497 e. The predicted molar refractivity (Wildman–Crippen MR) is 126 cm³/mol. The maximum Gasteiger partial charge on any atom is 0.387 e. The number of Topliss-reactive ketones (excluding diaryl/α,β-unsaturated/α-hetero) is 1. The third-order valence-electron chi connectivity index (χ3n) is 8.32. The third kappa shape index (κ3) is 3.77. The van der Waals surface area contributed by atoms with Crippen LogP contribution >= 0.6 is 0 Å². The molecule has 5 rings (SSSR count). The summed E-state index contributed by atoms with van der Waals surface area (Å²) in [5.74, 6) is 2.60. The lowest BCUT2D eigenvalue weighted by Crippen LogP contribution is -2.42. The van der Waals surface area contributed by atoms with Gasteiger partial charge in [-0.15, -0.1) is 0 Å². The minimum atomic E-state index is -2.92. The fourth-order valence-corrected chi connectivity index (χ4v) is 6.65. The summed E-state index contributed by atoms with van der Waals surface area (Å²) in [4.78, 5) is 13.6. The Morgan fingerprint density at radius 2 is 1.88 bits per heavy atom. The van der Waals surface area contributed by atoms with Crippen molar-refractivity contribution in [1.29, 1.82) is 0 Å². The molecule has 0 N–H and O–H groups in total. The summed E-state index contributed by atoms with van der Waals surface area (Å²) < 4.78 is 40.5. The molecule has 2 aromatic rings. The van der Waals surface area contributed by atoms with Crippen molar-refractivity contribution in [3.63, 3.8) is 0 Å². The van der Waals surface area contributed by atoms with Crippen LogP contribution in [0.5, 0.6) is 17.2 Å². The number of ether oxygens (including phenoxy) is 3. The molecule has 0 amide bonds. The molecule has 180 valence electrons. The second kappa shape index (κ2) is 8.71. The Bertz CT molecular complexity index is 1140. The summed E-state index contributed by atoms with van der Waals surface area (Å²) >= 11 is 0. The fourth-order valence-electron chi connectivity index (χ4n) is 6.65. The molecule has 0 bridgehead atoms. The monoisotopic (exact) mass is 468 g/mol. The number of benzene rings is 2. The fraction of sp³-hybridized carbons (Fsp3) is 0.464. The number of halogens is 2. The van der Waals surface area contributed by atoms with Crippen LogP contribution in [0, 0.1) is 17.3 Å². The van der Waals surface area contributed by atoms with Gasteiger partial charge in [0, 0.05) is 5.41 Å². The number of carbonyl (C=O) groups is 1.